The van der Waals surface area contributed by atoms with Crippen molar-refractivity contribution in [2.45, 2.75) is 31.1 Å². The fraction of sp³-hybridized carbons (Fsp3) is 0.417. The van der Waals surface area contributed by atoms with Gasteiger partial charge in [0.1, 0.15) is 10.5 Å². The van der Waals surface area contributed by atoms with Crippen LogP contribution in [0.25, 0.3) is 0 Å². The average Bonchev–Trinajstić information content (AvgIpc) is 2.78. The zero-order chi connectivity index (χ0) is 15.8. The first-order valence-electron chi connectivity index (χ1n) is 5.87. The summed E-state index contributed by atoms with van der Waals surface area (Å²) >= 11 is 16.8. The maximum Gasteiger partial charge on any atom is 0.412 e. The molecule has 1 N–H and O–H groups in total. The van der Waals surface area contributed by atoms with E-state index in [1.807, 2.05) is 0 Å². The molecule has 0 aliphatic carbocycles. The second kappa shape index (κ2) is 5.70. The minimum atomic E-state index is -4.42. The van der Waals surface area contributed by atoms with E-state index in [9.17, 15) is 13.2 Å². The summed E-state index contributed by atoms with van der Waals surface area (Å²) in [6.07, 6.45) is -4.73. The van der Waals surface area contributed by atoms with Crippen LogP contribution < -0.4 is 5.32 Å². The number of hydrogen-bond donors (Lipinski definition) is 1. The van der Waals surface area contributed by atoms with E-state index >= 15 is 0 Å². The van der Waals surface area contributed by atoms with Gasteiger partial charge in [0.05, 0.1) is 10.0 Å². The van der Waals surface area contributed by atoms with Crippen LogP contribution in [0.2, 0.25) is 10.0 Å². The van der Waals surface area contributed by atoms with Crippen molar-refractivity contribution in [3.63, 3.8) is 0 Å². The second-order valence-electron chi connectivity index (χ2n) is 4.83. The van der Waals surface area contributed by atoms with Crippen molar-refractivity contribution < 1.29 is 13.2 Å². The zero-order valence-electron chi connectivity index (χ0n) is 10.7. The van der Waals surface area contributed by atoms with Crippen molar-refractivity contribution in [1.82, 2.24) is 0 Å². The highest BCUT2D eigenvalue weighted by molar-refractivity contribution is 7.80. The van der Waals surface area contributed by atoms with Crippen molar-refractivity contribution in [3.05, 3.63) is 28.2 Å². The Hall–Kier alpha value is -0.920. The molecule has 0 fully saturated rings. The summed E-state index contributed by atoms with van der Waals surface area (Å²) in [5.74, 6) is 0. The highest BCUT2D eigenvalue weighted by Gasteiger charge is 2.49. The molecule has 21 heavy (non-hydrogen) atoms. The molecule has 9 heteroatoms. The van der Waals surface area contributed by atoms with E-state index in [1.165, 1.54) is 13.0 Å². The van der Waals surface area contributed by atoms with Gasteiger partial charge >= 0.3 is 6.18 Å². The molecule has 0 saturated heterocycles. The van der Waals surface area contributed by atoms with Gasteiger partial charge in [0, 0.05) is 12.1 Å². The van der Waals surface area contributed by atoms with Gasteiger partial charge in [-0.15, -0.1) is 0 Å². The fourth-order valence-corrected chi connectivity index (χ4v) is 2.35. The van der Waals surface area contributed by atoms with Gasteiger partial charge in [0.25, 0.3) is 0 Å². The minimum absolute atomic E-state index is 0.149. The van der Waals surface area contributed by atoms with Crippen molar-refractivity contribution in [2.24, 2.45) is 10.2 Å². The predicted molar refractivity (Wildman–Crippen MR) is 80.4 cm³/mol. The largest absolute Gasteiger partial charge is 0.412 e. The van der Waals surface area contributed by atoms with Crippen LogP contribution in [0.15, 0.2) is 28.4 Å². The van der Waals surface area contributed by atoms with Crippen LogP contribution in [0.4, 0.5) is 18.9 Å². The van der Waals surface area contributed by atoms with Gasteiger partial charge in [-0.25, -0.2) is 0 Å². The average molecular weight is 356 g/mol. The first kappa shape index (κ1) is 16.5. The number of benzene rings is 1. The smallest absolute Gasteiger partial charge is 0.348 e. The number of azo groups is 1. The molecule has 1 aromatic rings. The first-order chi connectivity index (χ1) is 9.62. The summed E-state index contributed by atoms with van der Waals surface area (Å²) in [6, 6.07) is 2.90. The maximum absolute atomic E-state index is 12.6. The third-order valence-electron chi connectivity index (χ3n) is 3.05. The second-order valence-corrected chi connectivity index (χ2v) is 6.06. The minimum Gasteiger partial charge on any atom is -0.348 e. The zero-order valence-corrected chi connectivity index (χ0v) is 13.0. The molecular weight excluding hydrogens is 346 g/mol. The summed E-state index contributed by atoms with van der Waals surface area (Å²) in [5, 5.41) is 10.5. The molecule has 0 amide bonds. The Bertz CT molecular complexity index is 606. The normalized spacial score (nSPS) is 25.1. The number of rotatable bonds is 2. The van der Waals surface area contributed by atoms with E-state index in [2.05, 4.69) is 15.5 Å². The van der Waals surface area contributed by atoms with Crippen molar-refractivity contribution in [3.8, 4) is 0 Å². The van der Waals surface area contributed by atoms with Crippen LogP contribution in [-0.4, -0.2) is 22.7 Å². The highest BCUT2D eigenvalue weighted by Crippen LogP contribution is 2.37. The number of nitrogens with one attached hydrogen (secondary N) is 1. The number of anilines is 1. The SMILES string of the molecule is CC1(C(=S)Nc2ccc(Cl)c(Cl)c2)CC(C(F)(F)F)N=N1. The Kier molecular flexibility index (Phi) is 4.46. The number of hydrogen-bond acceptors (Lipinski definition) is 3. The van der Waals surface area contributed by atoms with Gasteiger partial charge in [0.2, 0.25) is 0 Å². The lowest BCUT2D eigenvalue weighted by atomic mass is 9.95. The fourth-order valence-electron chi connectivity index (χ4n) is 1.81. The number of alkyl halides is 3. The van der Waals surface area contributed by atoms with Crippen LogP contribution in [-0.2, 0) is 0 Å². The standard InChI is InChI=1S/C12H10Cl2F3N3S/c1-11(5-9(19-20-11)12(15,16)17)10(21)18-6-2-3-7(13)8(14)4-6/h2-4,9H,5H2,1H3,(H,18,21). The van der Waals surface area contributed by atoms with Crippen LogP contribution in [0.1, 0.15) is 13.3 Å². The predicted octanol–water partition coefficient (Wildman–Crippen LogP) is 5.28. The summed E-state index contributed by atoms with van der Waals surface area (Å²) in [6.45, 7) is 1.51. The molecule has 2 unspecified atom stereocenters. The Labute approximate surface area is 134 Å². The monoisotopic (exact) mass is 355 g/mol. The molecule has 114 valence electrons. The molecule has 1 heterocycles. The number of halogens is 5. The molecule has 0 aromatic heterocycles. The third kappa shape index (κ3) is 3.64. The molecule has 0 bridgehead atoms. The Balaban J connectivity index is 2.10. The van der Waals surface area contributed by atoms with Crippen LogP contribution in [0.3, 0.4) is 0 Å². The lowest BCUT2D eigenvalue weighted by Crippen LogP contribution is -2.39. The highest BCUT2D eigenvalue weighted by atomic mass is 35.5. The number of nitrogens with zero attached hydrogens (tertiary/aromatic N) is 2. The third-order valence-corrected chi connectivity index (χ3v) is 4.33. The van der Waals surface area contributed by atoms with Gasteiger partial charge in [-0.2, -0.15) is 23.4 Å². The van der Waals surface area contributed by atoms with Gasteiger partial charge in [-0.1, -0.05) is 35.4 Å². The summed E-state index contributed by atoms with van der Waals surface area (Å²) < 4.78 is 37.9. The van der Waals surface area contributed by atoms with Crippen LogP contribution >= 0.6 is 35.4 Å². The van der Waals surface area contributed by atoms with Gasteiger partial charge in [-0.05, 0) is 25.1 Å². The Morgan fingerprint density at radius 2 is 2.05 bits per heavy atom. The number of thiocarbonyl (C=S) groups is 1. The quantitative estimate of drug-likeness (QED) is 0.732. The molecule has 0 saturated carbocycles. The van der Waals surface area contributed by atoms with E-state index in [1.54, 1.807) is 12.1 Å². The van der Waals surface area contributed by atoms with E-state index in [0.29, 0.717) is 15.7 Å². The molecular formula is C12H10Cl2F3N3S. The maximum atomic E-state index is 12.6. The van der Waals surface area contributed by atoms with Gasteiger partial charge in [-0.3, -0.25) is 0 Å². The molecule has 2 rings (SSSR count). The van der Waals surface area contributed by atoms with Gasteiger partial charge in [0.15, 0.2) is 6.04 Å². The summed E-state index contributed by atoms with van der Waals surface area (Å²) in [7, 11) is 0. The molecule has 1 aliphatic heterocycles. The Morgan fingerprint density at radius 1 is 1.38 bits per heavy atom. The lowest BCUT2D eigenvalue weighted by molar-refractivity contribution is -0.147. The summed E-state index contributed by atoms with van der Waals surface area (Å²) in [4.78, 5) is 0.149. The summed E-state index contributed by atoms with van der Waals surface area (Å²) in [5.41, 5.74) is -0.664. The first-order valence-corrected chi connectivity index (χ1v) is 7.03. The van der Waals surface area contributed by atoms with Crippen LogP contribution in [0.5, 0.6) is 0 Å². The van der Waals surface area contributed by atoms with Crippen molar-refractivity contribution in [2.75, 3.05) is 5.32 Å². The van der Waals surface area contributed by atoms with E-state index < -0.39 is 17.8 Å². The molecule has 1 aliphatic rings. The molecule has 0 radical (unpaired) electrons. The van der Waals surface area contributed by atoms with Crippen molar-refractivity contribution in [1.29, 1.82) is 0 Å². The van der Waals surface area contributed by atoms with E-state index in [4.69, 9.17) is 35.4 Å². The van der Waals surface area contributed by atoms with E-state index in [-0.39, 0.29) is 11.4 Å². The van der Waals surface area contributed by atoms with E-state index in [0.717, 1.165) is 0 Å². The molecule has 2 atom stereocenters. The van der Waals surface area contributed by atoms with Crippen LogP contribution in [0, 0.1) is 0 Å². The van der Waals surface area contributed by atoms with Gasteiger partial charge < -0.3 is 5.32 Å². The molecule has 3 nitrogen and oxygen atoms in total. The Morgan fingerprint density at radius 3 is 2.57 bits per heavy atom. The molecule has 1 aromatic carbocycles. The molecule has 0 spiro atoms. The van der Waals surface area contributed by atoms with Crippen molar-refractivity contribution >= 4 is 46.1 Å². The lowest BCUT2D eigenvalue weighted by Gasteiger charge is -2.23. The topological polar surface area (TPSA) is 36.8 Å².